The summed E-state index contributed by atoms with van der Waals surface area (Å²) in [5.41, 5.74) is 2.65. The van der Waals surface area contributed by atoms with Crippen molar-refractivity contribution in [2.45, 2.75) is 37.5 Å². The third-order valence-electron chi connectivity index (χ3n) is 4.52. The number of nitrogens with zero attached hydrogens (tertiary/aromatic N) is 2. The van der Waals surface area contributed by atoms with Crippen LogP contribution in [0.2, 0.25) is 0 Å². The van der Waals surface area contributed by atoms with Crippen molar-refractivity contribution < 1.29 is 9.59 Å². The molecule has 1 aliphatic carbocycles. The van der Waals surface area contributed by atoms with Gasteiger partial charge in [-0.2, -0.15) is 0 Å². The molecule has 1 saturated carbocycles. The van der Waals surface area contributed by atoms with E-state index < -0.39 is 5.25 Å². The van der Waals surface area contributed by atoms with Crippen LogP contribution in [0.25, 0.3) is 0 Å². The first-order valence-electron chi connectivity index (χ1n) is 9.10. The van der Waals surface area contributed by atoms with Gasteiger partial charge in [0.15, 0.2) is 5.17 Å². The normalized spacial score (nSPS) is 20.3. The Morgan fingerprint density at radius 3 is 2.44 bits per heavy atom. The predicted octanol–water partition coefficient (Wildman–Crippen LogP) is 3.99. The van der Waals surface area contributed by atoms with E-state index in [0.29, 0.717) is 16.9 Å². The summed E-state index contributed by atoms with van der Waals surface area (Å²) >= 11 is 1.36. The van der Waals surface area contributed by atoms with E-state index in [4.69, 9.17) is 4.99 Å². The molecule has 2 aliphatic rings. The number of carbonyl (C=O) groups is 2. The highest BCUT2D eigenvalue weighted by Gasteiger charge is 2.41. The van der Waals surface area contributed by atoms with E-state index in [-0.39, 0.29) is 18.2 Å². The molecule has 2 aromatic carbocycles. The van der Waals surface area contributed by atoms with Gasteiger partial charge in [-0.05, 0) is 44.0 Å². The number of aliphatic imine (C=N–C) groups is 1. The summed E-state index contributed by atoms with van der Waals surface area (Å²) in [6, 6.07) is 17.6. The van der Waals surface area contributed by atoms with Gasteiger partial charge in [-0.3, -0.25) is 14.6 Å². The molecule has 0 spiro atoms. The van der Waals surface area contributed by atoms with E-state index in [0.717, 1.165) is 24.1 Å². The summed E-state index contributed by atoms with van der Waals surface area (Å²) in [5, 5.41) is 3.56. The molecule has 0 bridgehead atoms. The van der Waals surface area contributed by atoms with E-state index in [1.54, 1.807) is 0 Å². The molecule has 6 heteroatoms. The Hall–Kier alpha value is -2.60. The van der Waals surface area contributed by atoms with E-state index in [2.05, 4.69) is 5.32 Å². The molecule has 4 rings (SSSR count). The summed E-state index contributed by atoms with van der Waals surface area (Å²) in [6.07, 6.45) is 2.35. The fraction of sp³-hybridized carbons (Fsp3) is 0.286. The average Bonchev–Trinajstić information content (AvgIpc) is 3.43. The van der Waals surface area contributed by atoms with Crippen molar-refractivity contribution in [3.8, 4) is 0 Å². The standard InChI is InChI=1S/C21H21N3O2S/c1-14-7-11-17(12-8-14)24-19(25)13-18(20(24)26)27-21(23-16-9-10-16)22-15-5-3-2-4-6-15/h2-8,11-12,16,18H,9-10,13H2,1H3,(H,22,23). The van der Waals surface area contributed by atoms with E-state index >= 15 is 0 Å². The third kappa shape index (κ3) is 4.22. The van der Waals surface area contributed by atoms with Crippen molar-refractivity contribution in [1.82, 2.24) is 0 Å². The second kappa shape index (κ2) is 7.56. The lowest BCUT2D eigenvalue weighted by molar-refractivity contribution is -0.121. The summed E-state index contributed by atoms with van der Waals surface area (Å²) in [4.78, 5) is 31.4. The lowest BCUT2D eigenvalue weighted by Gasteiger charge is -2.16. The van der Waals surface area contributed by atoms with Crippen LogP contribution in [-0.2, 0) is 9.59 Å². The fourth-order valence-corrected chi connectivity index (χ4v) is 3.99. The van der Waals surface area contributed by atoms with Gasteiger partial charge in [0.1, 0.15) is 5.25 Å². The van der Waals surface area contributed by atoms with Crippen LogP contribution >= 0.6 is 11.8 Å². The number of imide groups is 1. The van der Waals surface area contributed by atoms with Gasteiger partial charge >= 0.3 is 0 Å². The molecule has 0 aromatic heterocycles. The average molecular weight is 379 g/mol. The summed E-state index contributed by atoms with van der Waals surface area (Å²) in [7, 11) is 0. The minimum Gasteiger partial charge on any atom is -0.335 e. The summed E-state index contributed by atoms with van der Waals surface area (Å²) < 4.78 is 0. The number of para-hydroxylation sites is 1. The SMILES string of the molecule is Cc1ccc(N2C(=O)CC(SC(=NC3CC3)Nc3ccccc3)C2=O)cc1. The Balaban J connectivity index is 1.51. The van der Waals surface area contributed by atoms with Gasteiger partial charge in [0.25, 0.3) is 0 Å². The summed E-state index contributed by atoms with van der Waals surface area (Å²) in [5.74, 6) is -0.334. The van der Waals surface area contributed by atoms with Crippen molar-refractivity contribution in [1.29, 1.82) is 0 Å². The molecule has 2 aromatic rings. The highest BCUT2D eigenvalue weighted by atomic mass is 32.2. The van der Waals surface area contributed by atoms with Gasteiger partial charge in [0.2, 0.25) is 11.8 Å². The Labute approximate surface area is 162 Å². The van der Waals surface area contributed by atoms with Gasteiger partial charge in [0.05, 0.1) is 11.7 Å². The smallest absolute Gasteiger partial charge is 0.247 e. The third-order valence-corrected chi connectivity index (χ3v) is 5.61. The topological polar surface area (TPSA) is 61.8 Å². The van der Waals surface area contributed by atoms with E-state index in [1.807, 2.05) is 61.5 Å². The zero-order chi connectivity index (χ0) is 18.8. The number of thioether (sulfide) groups is 1. The first-order chi connectivity index (χ1) is 13.1. The number of carbonyl (C=O) groups excluding carboxylic acids is 2. The van der Waals surface area contributed by atoms with Crippen molar-refractivity contribution in [2.75, 3.05) is 10.2 Å². The van der Waals surface area contributed by atoms with Gasteiger partial charge in [-0.1, -0.05) is 47.7 Å². The second-order valence-corrected chi connectivity index (χ2v) is 8.06. The number of amides is 2. The number of nitrogens with one attached hydrogen (secondary N) is 1. The van der Waals surface area contributed by atoms with Crippen molar-refractivity contribution in [2.24, 2.45) is 4.99 Å². The van der Waals surface area contributed by atoms with Crippen LogP contribution in [-0.4, -0.2) is 28.3 Å². The second-order valence-electron chi connectivity index (χ2n) is 6.87. The molecule has 0 radical (unpaired) electrons. The van der Waals surface area contributed by atoms with Gasteiger partial charge in [-0.25, -0.2) is 4.90 Å². The Bertz CT molecular complexity index is 876. The first-order valence-corrected chi connectivity index (χ1v) is 9.98. The summed E-state index contributed by atoms with van der Waals surface area (Å²) in [6.45, 7) is 1.98. The monoisotopic (exact) mass is 379 g/mol. The maximum absolute atomic E-state index is 12.9. The number of hydrogen-bond donors (Lipinski definition) is 1. The number of rotatable bonds is 4. The zero-order valence-corrected chi connectivity index (χ0v) is 15.9. The quantitative estimate of drug-likeness (QED) is 0.496. The largest absolute Gasteiger partial charge is 0.335 e. The van der Waals surface area contributed by atoms with Crippen molar-refractivity contribution in [3.63, 3.8) is 0 Å². The van der Waals surface area contributed by atoms with Crippen LogP contribution in [0.5, 0.6) is 0 Å². The number of aryl methyl sites for hydroxylation is 1. The molecule has 1 aliphatic heterocycles. The minimum absolute atomic E-state index is 0.160. The number of benzene rings is 2. The molecule has 5 nitrogen and oxygen atoms in total. The van der Waals surface area contributed by atoms with Crippen LogP contribution in [0.1, 0.15) is 24.8 Å². The first kappa shape index (κ1) is 17.8. The number of hydrogen-bond acceptors (Lipinski definition) is 4. The lowest BCUT2D eigenvalue weighted by atomic mass is 10.2. The molecule has 138 valence electrons. The molecule has 27 heavy (non-hydrogen) atoms. The van der Waals surface area contributed by atoms with E-state index in [9.17, 15) is 9.59 Å². The Kier molecular flexibility index (Phi) is 4.99. The molecule has 1 N–H and O–H groups in total. The number of anilines is 2. The van der Waals surface area contributed by atoms with Crippen molar-refractivity contribution in [3.05, 3.63) is 60.2 Å². The van der Waals surface area contributed by atoms with Gasteiger partial charge in [0, 0.05) is 12.1 Å². The fourth-order valence-electron chi connectivity index (χ4n) is 2.90. The molecule has 2 fully saturated rings. The van der Waals surface area contributed by atoms with Crippen LogP contribution in [0, 0.1) is 6.92 Å². The molecule has 1 atom stereocenters. The van der Waals surface area contributed by atoms with Crippen molar-refractivity contribution >= 4 is 40.1 Å². The molecular weight excluding hydrogens is 358 g/mol. The van der Waals surface area contributed by atoms with Crippen LogP contribution < -0.4 is 10.2 Å². The Morgan fingerprint density at radius 2 is 1.78 bits per heavy atom. The molecule has 1 heterocycles. The Morgan fingerprint density at radius 1 is 1.07 bits per heavy atom. The minimum atomic E-state index is -0.451. The van der Waals surface area contributed by atoms with E-state index in [1.165, 1.54) is 16.7 Å². The highest BCUT2D eigenvalue weighted by molar-refractivity contribution is 8.15. The number of amidine groups is 1. The van der Waals surface area contributed by atoms with Crippen LogP contribution in [0.3, 0.4) is 0 Å². The molecule has 1 unspecified atom stereocenters. The zero-order valence-electron chi connectivity index (χ0n) is 15.1. The lowest BCUT2D eigenvalue weighted by Crippen LogP contribution is -2.31. The highest BCUT2D eigenvalue weighted by Crippen LogP contribution is 2.32. The maximum atomic E-state index is 12.9. The molecule has 2 amide bonds. The van der Waals surface area contributed by atoms with Gasteiger partial charge < -0.3 is 5.32 Å². The van der Waals surface area contributed by atoms with Crippen LogP contribution in [0.15, 0.2) is 59.6 Å². The molecule has 1 saturated heterocycles. The molecular formula is C21H21N3O2S. The maximum Gasteiger partial charge on any atom is 0.247 e. The van der Waals surface area contributed by atoms with Crippen LogP contribution in [0.4, 0.5) is 11.4 Å². The predicted molar refractivity (Wildman–Crippen MR) is 110 cm³/mol. The van der Waals surface area contributed by atoms with Gasteiger partial charge in [-0.15, -0.1) is 0 Å².